The SMILES string of the molecule is C#C/C=C/C(C)N=[N+]=[N-]. The van der Waals surface area contributed by atoms with Crippen LogP contribution in [0, 0.1) is 12.3 Å². The fourth-order valence-electron chi connectivity index (χ4n) is 0.315. The van der Waals surface area contributed by atoms with Crippen LogP contribution in [0.3, 0.4) is 0 Å². The van der Waals surface area contributed by atoms with E-state index in [9.17, 15) is 0 Å². The Balaban J connectivity index is 3.79. The van der Waals surface area contributed by atoms with Crippen LogP contribution < -0.4 is 0 Å². The maximum absolute atomic E-state index is 7.91. The van der Waals surface area contributed by atoms with Gasteiger partial charge in [0.05, 0.1) is 6.04 Å². The van der Waals surface area contributed by atoms with Crippen molar-refractivity contribution in [3.8, 4) is 12.3 Å². The standard InChI is InChI=1S/C6H7N3/c1-3-4-5-6(2)8-9-7/h1,4-6H,2H3/b5-4+. The zero-order chi connectivity index (χ0) is 7.11. The molecular weight excluding hydrogens is 114 g/mol. The van der Waals surface area contributed by atoms with Crippen molar-refractivity contribution in [2.45, 2.75) is 13.0 Å². The van der Waals surface area contributed by atoms with Gasteiger partial charge in [-0.3, -0.25) is 0 Å². The van der Waals surface area contributed by atoms with Crippen LogP contribution in [0.5, 0.6) is 0 Å². The number of terminal acetylenes is 1. The summed E-state index contributed by atoms with van der Waals surface area (Å²) < 4.78 is 0. The molecule has 0 saturated heterocycles. The van der Waals surface area contributed by atoms with Crippen LogP contribution in [-0.4, -0.2) is 6.04 Å². The van der Waals surface area contributed by atoms with Crippen molar-refractivity contribution in [1.82, 2.24) is 0 Å². The second kappa shape index (κ2) is 4.76. The normalized spacial score (nSPS) is 12.0. The molecule has 46 valence electrons. The summed E-state index contributed by atoms with van der Waals surface area (Å²) >= 11 is 0. The van der Waals surface area contributed by atoms with Crippen LogP contribution in [0.15, 0.2) is 17.3 Å². The fourth-order valence-corrected chi connectivity index (χ4v) is 0.315. The topological polar surface area (TPSA) is 48.8 Å². The summed E-state index contributed by atoms with van der Waals surface area (Å²) in [5.41, 5.74) is 7.91. The van der Waals surface area contributed by atoms with Crippen molar-refractivity contribution in [1.29, 1.82) is 0 Å². The Hall–Kier alpha value is -1.39. The molecule has 0 aromatic heterocycles. The van der Waals surface area contributed by atoms with Crippen LogP contribution >= 0.6 is 0 Å². The van der Waals surface area contributed by atoms with E-state index in [0.29, 0.717) is 0 Å². The first-order valence-corrected chi connectivity index (χ1v) is 2.48. The van der Waals surface area contributed by atoms with Gasteiger partial charge in [0, 0.05) is 4.91 Å². The minimum Gasteiger partial charge on any atom is -0.115 e. The molecule has 1 unspecified atom stereocenters. The van der Waals surface area contributed by atoms with E-state index < -0.39 is 0 Å². The highest BCUT2D eigenvalue weighted by atomic mass is 15.1. The molecule has 9 heavy (non-hydrogen) atoms. The second-order valence-corrected chi connectivity index (χ2v) is 1.47. The Bertz CT molecular complexity index is 181. The third kappa shape index (κ3) is 4.46. The molecule has 0 rings (SSSR count). The Morgan fingerprint density at radius 3 is 3.00 bits per heavy atom. The summed E-state index contributed by atoms with van der Waals surface area (Å²) in [6.07, 6.45) is 8.07. The molecule has 0 fully saturated rings. The average Bonchev–Trinajstić information content (AvgIpc) is 1.85. The second-order valence-electron chi connectivity index (χ2n) is 1.47. The molecule has 0 aromatic rings. The lowest BCUT2D eigenvalue weighted by Crippen LogP contribution is -1.86. The predicted octanol–water partition coefficient (Wildman–Crippen LogP) is 1.87. The Morgan fingerprint density at radius 1 is 1.89 bits per heavy atom. The first-order valence-electron chi connectivity index (χ1n) is 2.48. The van der Waals surface area contributed by atoms with Crippen molar-refractivity contribution in [3.63, 3.8) is 0 Å². The summed E-state index contributed by atoms with van der Waals surface area (Å²) in [5.74, 6) is 2.29. The van der Waals surface area contributed by atoms with Crippen molar-refractivity contribution in [2.75, 3.05) is 0 Å². The minimum atomic E-state index is -0.147. The van der Waals surface area contributed by atoms with Crippen molar-refractivity contribution >= 4 is 0 Å². The predicted molar refractivity (Wildman–Crippen MR) is 36.6 cm³/mol. The molecule has 0 saturated carbocycles. The van der Waals surface area contributed by atoms with Crippen molar-refractivity contribution in [2.24, 2.45) is 5.11 Å². The van der Waals surface area contributed by atoms with Gasteiger partial charge in [0.2, 0.25) is 0 Å². The number of hydrogen-bond acceptors (Lipinski definition) is 1. The van der Waals surface area contributed by atoms with Gasteiger partial charge in [0.15, 0.2) is 0 Å². The third-order valence-corrected chi connectivity index (χ3v) is 0.705. The summed E-state index contributed by atoms with van der Waals surface area (Å²) in [4.78, 5) is 2.59. The monoisotopic (exact) mass is 121 g/mol. The fraction of sp³-hybridized carbons (Fsp3) is 0.333. The summed E-state index contributed by atoms with van der Waals surface area (Å²) in [7, 11) is 0. The molecule has 1 atom stereocenters. The molecular formula is C6H7N3. The number of azide groups is 1. The smallest absolute Gasteiger partial charge is 0.0535 e. The molecule has 0 spiro atoms. The van der Waals surface area contributed by atoms with E-state index in [0.717, 1.165) is 0 Å². The lowest BCUT2D eigenvalue weighted by atomic mass is 10.3. The van der Waals surface area contributed by atoms with Gasteiger partial charge in [-0.15, -0.1) is 6.42 Å². The van der Waals surface area contributed by atoms with Gasteiger partial charge in [-0.2, -0.15) is 0 Å². The number of rotatable bonds is 2. The van der Waals surface area contributed by atoms with E-state index in [-0.39, 0.29) is 6.04 Å². The number of allylic oxidation sites excluding steroid dienone is 1. The third-order valence-electron chi connectivity index (χ3n) is 0.705. The zero-order valence-corrected chi connectivity index (χ0v) is 5.15. The van der Waals surface area contributed by atoms with Crippen molar-refractivity contribution < 1.29 is 0 Å². The molecule has 0 amide bonds. The Morgan fingerprint density at radius 2 is 2.56 bits per heavy atom. The molecule has 0 radical (unpaired) electrons. The van der Waals surface area contributed by atoms with Crippen LogP contribution in [0.4, 0.5) is 0 Å². The largest absolute Gasteiger partial charge is 0.115 e. The lowest BCUT2D eigenvalue weighted by molar-refractivity contribution is 0.912. The van der Waals surface area contributed by atoms with Gasteiger partial charge in [0.25, 0.3) is 0 Å². The van der Waals surface area contributed by atoms with E-state index in [4.69, 9.17) is 12.0 Å². The molecule has 0 aliphatic heterocycles. The number of nitrogens with zero attached hydrogens (tertiary/aromatic N) is 3. The van der Waals surface area contributed by atoms with Gasteiger partial charge >= 0.3 is 0 Å². The summed E-state index contributed by atoms with van der Waals surface area (Å²) in [6.45, 7) is 1.76. The van der Waals surface area contributed by atoms with E-state index in [2.05, 4.69) is 15.9 Å². The quantitative estimate of drug-likeness (QED) is 0.232. The Labute approximate surface area is 54.0 Å². The zero-order valence-electron chi connectivity index (χ0n) is 5.15. The van der Waals surface area contributed by atoms with Gasteiger partial charge in [0.1, 0.15) is 0 Å². The maximum Gasteiger partial charge on any atom is 0.0535 e. The first-order chi connectivity index (χ1) is 4.31. The van der Waals surface area contributed by atoms with Gasteiger partial charge in [-0.25, -0.2) is 0 Å². The highest BCUT2D eigenvalue weighted by molar-refractivity contribution is 5.11. The molecule has 3 heteroatoms. The van der Waals surface area contributed by atoms with Crippen molar-refractivity contribution in [3.05, 3.63) is 22.6 Å². The van der Waals surface area contributed by atoms with E-state index in [1.54, 1.807) is 13.0 Å². The van der Waals surface area contributed by atoms with Crippen LogP contribution in [0.2, 0.25) is 0 Å². The highest BCUT2D eigenvalue weighted by Gasteiger charge is 1.85. The van der Waals surface area contributed by atoms with E-state index >= 15 is 0 Å². The van der Waals surface area contributed by atoms with Gasteiger partial charge in [-0.1, -0.05) is 24.0 Å². The van der Waals surface area contributed by atoms with Crippen LogP contribution in [0.1, 0.15) is 6.92 Å². The maximum atomic E-state index is 7.91. The highest BCUT2D eigenvalue weighted by Crippen LogP contribution is 1.90. The molecule has 3 nitrogen and oxygen atoms in total. The molecule has 0 bridgehead atoms. The molecule has 0 heterocycles. The first kappa shape index (κ1) is 7.61. The summed E-state index contributed by atoms with van der Waals surface area (Å²) in [6, 6.07) is -0.147. The van der Waals surface area contributed by atoms with Crippen LogP contribution in [0.25, 0.3) is 10.4 Å². The molecule has 0 aliphatic rings. The van der Waals surface area contributed by atoms with Crippen LogP contribution in [-0.2, 0) is 0 Å². The lowest BCUT2D eigenvalue weighted by Gasteiger charge is -1.88. The van der Waals surface area contributed by atoms with Gasteiger partial charge < -0.3 is 0 Å². The molecule has 0 aromatic carbocycles. The molecule has 0 N–H and O–H groups in total. The minimum absolute atomic E-state index is 0.147. The summed E-state index contributed by atoms with van der Waals surface area (Å²) in [5, 5.41) is 3.36. The Kier molecular flexibility index (Phi) is 4.03. The molecule has 0 aliphatic carbocycles. The van der Waals surface area contributed by atoms with Gasteiger partial charge in [-0.05, 0) is 11.6 Å². The average molecular weight is 121 g/mol. The number of hydrogen-bond donors (Lipinski definition) is 0. The van der Waals surface area contributed by atoms with E-state index in [1.165, 1.54) is 6.08 Å². The van der Waals surface area contributed by atoms with E-state index in [1.807, 2.05) is 0 Å².